The summed E-state index contributed by atoms with van der Waals surface area (Å²) < 4.78 is 17.8. The monoisotopic (exact) mass is 443 g/mol. The number of rotatable bonds is 10. The fourth-order valence-corrected chi connectivity index (χ4v) is 4.19. The number of ether oxygens (including phenoxy) is 2. The lowest BCUT2D eigenvalue weighted by molar-refractivity contribution is -0.163. The van der Waals surface area contributed by atoms with Crippen LogP contribution in [0, 0.1) is 25.7 Å². The standard InChI is InChI=1S/C26H37NO5/c1-6-23-22(27-24(32-23)21-11-10-17(2)18(3)12-21)16-30-14-19-8-7-9-20(13-19)15-31-26(4,5)25(28)29/h10-12,19-20H,6-9,13-16H2,1-5H3,(H,28,29). The first-order valence-corrected chi connectivity index (χ1v) is 11.7. The summed E-state index contributed by atoms with van der Waals surface area (Å²) in [6, 6.07) is 6.26. The average molecular weight is 444 g/mol. The van der Waals surface area contributed by atoms with Crippen LogP contribution in [0.4, 0.5) is 0 Å². The highest BCUT2D eigenvalue weighted by molar-refractivity contribution is 5.76. The number of hydrogen-bond donors (Lipinski definition) is 1. The largest absolute Gasteiger partial charge is 0.479 e. The molecule has 1 N–H and O–H groups in total. The van der Waals surface area contributed by atoms with Crippen LogP contribution in [0.5, 0.6) is 0 Å². The Kier molecular flexibility index (Phi) is 8.12. The van der Waals surface area contributed by atoms with Crippen molar-refractivity contribution in [3.8, 4) is 11.5 Å². The zero-order chi connectivity index (χ0) is 23.3. The molecular formula is C26H37NO5. The molecule has 0 saturated heterocycles. The molecule has 0 aliphatic heterocycles. The Hall–Kier alpha value is -2.18. The zero-order valence-corrected chi connectivity index (χ0v) is 20.1. The fraction of sp³-hybridized carbons (Fsp3) is 0.615. The molecule has 1 heterocycles. The molecule has 32 heavy (non-hydrogen) atoms. The molecule has 1 aromatic heterocycles. The van der Waals surface area contributed by atoms with Crippen molar-refractivity contribution in [2.75, 3.05) is 13.2 Å². The van der Waals surface area contributed by atoms with Crippen molar-refractivity contribution < 1.29 is 23.8 Å². The number of nitrogens with zero attached hydrogens (tertiary/aromatic N) is 1. The topological polar surface area (TPSA) is 81.8 Å². The molecule has 0 spiro atoms. The van der Waals surface area contributed by atoms with Gasteiger partial charge >= 0.3 is 5.97 Å². The van der Waals surface area contributed by atoms with E-state index in [-0.39, 0.29) is 0 Å². The van der Waals surface area contributed by atoms with Gasteiger partial charge in [-0.05, 0) is 82.1 Å². The number of benzene rings is 1. The summed E-state index contributed by atoms with van der Waals surface area (Å²) in [6.07, 6.45) is 5.11. The molecule has 3 rings (SSSR count). The van der Waals surface area contributed by atoms with Gasteiger partial charge in [-0.3, -0.25) is 0 Å². The number of carboxylic acids is 1. The van der Waals surface area contributed by atoms with E-state index in [0.29, 0.717) is 37.5 Å². The summed E-state index contributed by atoms with van der Waals surface area (Å²) in [6.45, 7) is 11.1. The molecule has 6 nitrogen and oxygen atoms in total. The van der Waals surface area contributed by atoms with Crippen molar-refractivity contribution in [2.45, 2.75) is 78.9 Å². The van der Waals surface area contributed by atoms with Gasteiger partial charge in [0.2, 0.25) is 5.89 Å². The first-order chi connectivity index (χ1) is 15.2. The third kappa shape index (κ3) is 6.20. The normalized spacial score (nSPS) is 19.3. The van der Waals surface area contributed by atoms with Gasteiger partial charge < -0.3 is 19.0 Å². The highest BCUT2D eigenvalue weighted by atomic mass is 16.5. The Morgan fingerprint density at radius 3 is 2.56 bits per heavy atom. The Labute approximate surface area is 191 Å². The molecule has 2 aromatic rings. The average Bonchev–Trinajstić information content (AvgIpc) is 3.18. The van der Waals surface area contributed by atoms with Crippen LogP contribution in [0.2, 0.25) is 0 Å². The number of aliphatic carboxylic acids is 1. The lowest BCUT2D eigenvalue weighted by atomic mass is 9.82. The van der Waals surface area contributed by atoms with E-state index in [2.05, 4.69) is 32.9 Å². The maximum absolute atomic E-state index is 11.3. The van der Waals surface area contributed by atoms with Crippen molar-refractivity contribution >= 4 is 5.97 Å². The SMILES string of the molecule is CCc1oc(-c2ccc(C)c(C)c2)nc1COCC1CCCC(COC(C)(C)C(=O)O)C1. The maximum Gasteiger partial charge on any atom is 0.335 e. The molecule has 176 valence electrons. The lowest BCUT2D eigenvalue weighted by Gasteiger charge is -2.31. The number of aryl methyl sites for hydroxylation is 3. The first kappa shape index (κ1) is 24.5. The van der Waals surface area contributed by atoms with E-state index in [9.17, 15) is 9.90 Å². The molecule has 2 unspecified atom stereocenters. The predicted octanol–water partition coefficient (Wildman–Crippen LogP) is 5.72. The highest BCUT2D eigenvalue weighted by Gasteiger charge is 2.30. The van der Waals surface area contributed by atoms with Crippen molar-refractivity contribution in [2.24, 2.45) is 11.8 Å². The van der Waals surface area contributed by atoms with Gasteiger partial charge in [0, 0.05) is 18.6 Å². The summed E-state index contributed by atoms with van der Waals surface area (Å²) in [7, 11) is 0. The van der Waals surface area contributed by atoms with Crippen LogP contribution in [0.3, 0.4) is 0 Å². The van der Waals surface area contributed by atoms with Gasteiger partial charge in [0.05, 0.1) is 13.2 Å². The third-order valence-corrected chi connectivity index (χ3v) is 6.53. The Morgan fingerprint density at radius 1 is 1.19 bits per heavy atom. The minimum Gasteiger partial charge on any atom is -0.479 e. The molecule has 0 bridgehead atoms. The van der Waals surface area contributed by atoms with Crippen molar-refractivity contribution in [3.05, 3.63) is 40.8 Å². The van der Waals surface area contributed by atoms with Crippen LogP contribution in [0.15, 0.2) is 22.6 Å². The Bertz CT molecular complexity index is 917. The van der Waals surface area contributed by atoms with E-state index in [1.807, 2.05) is 6.07 Å². The number of carbonyl (C=O) groups is 1. The van der Waals surface area contributed by atoms with Crippen molar-refractivity contribution in [3.63, 3.8) is 0 Å². The lowest BCUT2D eigenvalue weighted by Crippen LogP contribution is -2.37. The van der Waals surface area contributed by atoms with Gasteiger partial charge in [-0.15, -0.1) is 0 Å². The number of carboxylic acid groups (broad SMARTS) is 1. The molecule has 1 aromatic carbocycles. The molecule has 2 atom stereocenters. The molecule has 1 saturated carbocycles. The second-order valence-corrected chi connectivity index (χ2v) is 9.58. The fourth-order valence-electron chi connectivity index (χ4n) is 4.19. The van der Waals surface area contributed by atoms with Crippen LogP contribution >= 0.6 is 0 Å². The third-order valence-electron chi connectivity index (χ3n) is 6.53. The van der Waals surface area contributed by atoms with Crippen LogP contribution < -0.4 is 0 Å². The summed E-state index contributed by atoms with van der Waals surface area (Å²) in [5, 5.41) is 9.23. The van der Waals surface area contributed by atoms with E-state index < -0.39 is 11.6 Å². The number of aromatic nitrogens is 1. The van der Waals surface area contributed by atoms with E-state index in [1.54, 1.807) is 13.8 Å². The summed E-state index contributed by atoms with van der Waals surface area (Å²) in [4.78, 5) is 16.0. The quantitative estimate of drug-likeness (QED) is 0.505. The molecule has 0 amide bonds. The van der Waals surface area contributed by atoms with Gasteiger partial charge in [0.1, 0.15) is 11.5 Å². The molecule has 1 aliphatic rings. The van der Waals surface area contributed by atoms with Gasteiger partial charge in [-0.1, -0.05) is 19.4 Å². The predicted molar refractivity (Wildman–Crippen MR) is 124 cm³/mol. The van der Waals surface area contributed by atoms with Crippen LogP contribution in [0.1, 0.15) is 69.0 Å². The second kappa shape index (κ2) is 10.6. The maximum atomic E-state index is 11.3. The van der Waals surface area contributed by atoms with Gasteiger partial charge in [-0.25, -0.2) is 9.78 Å². The van der Waals surface area contributed by atoms with E-state index in [4.69, 9.17) is 18.9 Å². The van der Waals surface area contributed by atoms with Crippen molar-refractivity contribution in [1.82, 2.24) is 4.98 Å². The van der Waals surface area contributed by atoms with Gasteiger partial charge in [0.25, 0.3) is 0 Å². The highest BCUT2D eigenvalue weighted by Crippen LogP contribution is 2.31. The van der Waals surface area contributed by atoms with Crippen LogP contribution in [-0.2, 0) is 27.3 Å². The summed E-state index contributed by atoms with van der Waals surface area (Å²) in [5.41, 5.74) is 3.20. The number of oxazole rings is 1. The van der Waals surface area contributed by atoms with E-state index in [0.717, 1.165) is 49.1 Å². The van der Waals surface area contributed by atoms with Crippen LogP contribution in [0.25, 0.3) is 11.5 Å². The second-order valence-electron chi connectivity index (χ2n) is 9.58. The minimum absolute atomic E-state index is 0.380. The molecular weight excluding hydrogens is 406 g/mol. The minimum atomic E-state index is -1.14. The zero-order valence-electron chi connectivity index (χ0n) is 20.1. The molecule has 6 heteroatoms. The van der Waals surface area contributed by atoms with Crippen molar-refractivity contribution in [1.29, 1.82) is 0 Å². The van der Waals surface area contributed by atoms with Gasteiger partial charge in [0.15, 0.2) is 5.60 Å². The molecule has 0 radical (unpaired) electrons. The first-order valence-electron chi connectivity index (χ1n) is 11.7. The number of hydrogen-bond acceptors (Lipinski definition) is 5. The van der Waals surface area contributed by atoms with Gasteiger partial charge in [-0.2, -0.15) is 0 Å². The smallest absolute Gasteiger partial charge is 0.335 e. The summed E-state index contributed by atoms with van der Waals surface area (Å²) >= 11 is 0. The van der Waals surface area contributed by atoms with E-state index in [1.165, 1.54) is 11.1 Å². The Morgan fingerprint density at radius 2 is 1.91 bits per heavy atom. The Balaban J connectivity index is 1.53. The molecule has 1 aliphatic carbocycles. The van der Waals surface area contributed by atoms with Crippen LogP contribution in [-0.4, -0.2) is 34.9 Å². The molecule has 1 fully saturated rings. The van der Waals surface area contributed by atoms with E-state index >= 15 is 0 Å². The summed E-state index contributed by atoms with van der Waals surface area (Å²) in [5.74, 6) is 1.45.